The molecule has 0 saturated carbocycles. The van der Waals surface area contributed by atoms with E-state index in [1.54, 1.807) is 6.92 Å². The highest BCUT2D eigenvalue weighted by Gasteiger charge is 2.14. The molecule has 2 aromatic carbocycles. The Balaban J connectivity index is 1.74. The van der Waals surface area contributed by atoms with Gasteiger partial charge in [0.2, 0.25) is 0 Å². The number of carbonyl (C=O) groups is 1. The van der Waals surface area contributed by atoms with Crippen LogP contribution in [0.1, 0.15) is 30.0 Å². The van der Waals surface area contributed by atoms with E-state index < -0.39 is 6.10 Å². The molecule has 0 aliphatic rings. The van der Waals surface area contributed by atoms with E-state index in [0.717, 1.165) is 34.7 Å². The van der Waals surface area contributed by atoms with Gasteiger partial charge in [0.05, 0.1) is 0 Å². The summed E-state index contributed by atoms with van der Waals surface area (Å²) in [6.45, 7) is 6.43. The van der Waals surface area contributed by atoms with Gasteiger partial charge in [-0.25, -0.2) is 0 Å². The van der Waals surface area contributed by atoms with Gasteiger partial charge in [0, 0.05) is 11.6 Å². The van der Waals surface area contributed by atoms with Crippen LogP contribution in [0.2, 0.25) is 5.02 Å². The molecule has 128 valence electrons. The topological polar surface area (TPSA) is 38.3 Å². The first-order chi connectivity index (χ1) is 11.4. The molecular formula is C20H24ClNO2. The van der Waals surface area contributed by atoms with Gasteiger partial charge in [0.1, 0.15) is 5.75 Å². The lowest BCUT2D eigenvalue weighted by atomic mass is 10.1. The molecular weight excluding hydrogens is 322 g/mol. The molecule has 1 amide bonds. The molecule has 0 radical (unpaired) electrons. The molecule has 0 bridgehead atoms. The molecule has 0 aliphatic heterocycles. The third-order valence-electron chi connectivity index (χ3n) is 3.73. The van der Waals surface area contributed by atoms with Crippen LogP contribution in [0.3, 0.4) is 0 Å². The number of amides is 1. The van der Waals surface area contributed by atoms with Crippen molar-refractivity contribution in [1.29, 1.82) is 0 Å². The Morgan fingerprint density at radius 1 is 1.12 bits per heavy atom. The maximum absolute atomic E-state index is 12.1. The van der Waals surface area contributed by atoms with Crippen LogP contribution in [-0.2, 0) is 11.2 Å². The summed E-state index contributed by atoms with van der Waals surface area (Å²) >= 11 is 5.86. The van der Waals surface area contributed by atoms with Crippen LogP contribution < -0.4 is 10.1 Å². The molecule has 0 fully saturated rings. The standard InChI is InChI=1S/C20H24ClNO2/c1-14-11-15(2)13-19(12-14)24-16(3)20(23)22-10-4-5-17-6-8-18(21)9-7-17/h6-9,11-13,16H,4-5,10H2,1-3H3,(H,22,23)/t16-/m0/s1. The van der Waals surface area contributed by atoms with Crippen LogP contribution in [0.25, 0.3) is 0 Å². The van der Waals surface area contributed by atoms with Crippen molar-refractivity contribution < 1.29 is 9.53 Å². The quantitative estimate of drug-likeness (QED) is 0.752. The molecule has 3 nitrogen and oxygen atoms in total. The molecule has 0 spiro atoms. The van der Waals surface area contributed by atoms with Crippen molar-refractivity contribution in [2.45, 2.75) is 39.7 Å². The second-order valence-corrected chi connectivity index (χ2v) is 6.54. The van der Waals surface area contributed by atoms with E-state index in [2.05, 4.69) is 11.4 Å². The minimum Gasteiger partial charge on any atom is -0.481 e. The van der Waals surface area contributed by atoms with Gasteiger partial charge in [-0.1, -0.05) is 29.8 Å². The Morgan fingerprint density at radius 2 is 1.75 bits per heavy atom. The fraction of sp³-hybridized carbons (Fsp3) is 0.350. The molecule has 0 aliphatic carbocycles. The Kier molecular flexibility index (Phi) is 6.68. The Labute approximate surface area is 149 Å². The number of carbonyl (C=O) groups excluding carboxylic acids is 1. The number of benzene rings is 2. The van der Waals surface area contributed by atoms with Gasteiger partial charge in [-0.15, -0.1) is 0 Å². The molecule has 0 saturated heterocycles. The zero-order valence-electron chi connectivity index (χ0n) is 14.4. The monoisotopic (exact) mass is 345 g/mol. The molecule has 0 aromatic heterocycles. The van der Waals surface area contributed by atoms with E-state index in [4.69, 9.17) is 16.3 Å². The van der Waals surface area contributed by atoms with E-state index in [-0.39, 0.29) is 5.91 Å². The fourth-order valence-corrected chi connectivity index (χ4v) is 2.68. The average Bonchev–Trinajstić information content (AvgIpc) is 2.52. The lowest BCUT2D eigenvalue weighted by Crippen LogP contribution is -2.37. The molecule has 4 heteroatoms. The van der Waals surface area contributed by atoms with E-state index in [0.29, 0.717) is 6.54 Å². The summed E-state index contributed by atoms with van der Waals surface area (Å²) in [6.07, 6.45) is 1.27. The molecule has 24 heavy (non-hydrogen) atoms. The Hall–Kier alpha value is -2.00. The fourth-order valence-electron chi connectivity index (χ4n) is 2.56. The SMILES string of the molecule is Cc1cc(C)cc(O[C@@H](C)C(=O)NCCCc2ccc(Cl)cc2)c1. The largest absolute Gasteiger partial charge is 0.481 e. The summed E-state index contributed by atoms with van der Waals surface area (Å²) in [6, 6.07) is 13.7. The van der Waals surface area contributed by atoms with Crippen molar-refractivity contribution in [3.63, 3.8) is 0 Å². The maximum Gasteiger partial charge on any atom is 0.260 e. The van der Waals surface area contributed by atoms with Crippen LogP contribution in [0.15, 0.2) is 42.5 Å². The van der Waals surface area contributed by atoms with Crippen LogP contribution >= 0.6 is 11.6 Å². The van der Waals surface area contributed by atoms with E-state index in [1.807, 2.05) is 50.2 Å². The van der Waals surface area contributed by atoms with Crippen molar-refractivity contribution in [3.8, 4) is 5.75 Å². The van der Waals surface area contributed by atoms with Gasteiger partial charge < -0.3 is 10.1 Å². The number of aryl methyl sites for hydroxylation is 3. The summed E-state index contributed by atoms with van der Waals surface area (Å²) in [4.78, 5) is 12.1. The van der Waals surface area contributed by atoms with E-state index in [9.17, 15) is 4.79 Å². The third-order valence-corrected chi connectivity index (χ3v) is 3.98. The molecule has 2 rings (SSSR count). The Bertz CT molecular complexity index is 662. The van der Waals surface area contributed by atoms with Crippen LogP contribution in [0, 0.1) is 13.8 Å². The summed E-state index contributed by atoms with van der Waals surface area (Å²) < 4.78 is 5.74. The number of halogens is 1. The highest BCUT2D eigenvalue weighted by atomic mass is 35.5. The van der Waals surface area contributed by atoms with Crippen molar-refractivity contribution in [1.82, 2.24) is 5.32 Å². The van der Waals surface area contributed by atoms with Crippen molar-refractivity contribution in [3.05, 3.63) is 64.2 Å². The van der Waals surface area contributed by atoms with Gasteiger partial charge in [0.15, 0.2) is 6.10 Å². The highest BCUT2D eigenvalue weighted by molar-refractivity contribution is 6.30. The number of nitrogens with one attached hydrogen (secondary N) is 1. The first kappa shape index (κ1) is 18.3. The van der Waals surface area contributed by atoms with E-state index in [1.165, 1.54) is 5.56 Å². The number of rotatable bonds is 7. The second-order valence-electron chi connectivity index (χ2n) is 6.10. The van der Waals surface area contributed by atoms with Crippen LogP contribution in [-0.4, -0.2) is 18.6 Å². The number of hydrogen-bond donors (Lipinski definition) is 1. The molecule has 1 N–H and O–H groups in total. The van der Waals surface area contributed by atoms with Crippen molar-refractivity contribution in [2.75, 3.05) is 6.54 Å². The highest BCUT2D eigenvalue weighted by Crippen LogP contribution is 2.17. The first-order valence-corrected chi connectivity index (χ1v) is 8.59. The molecule has 2 aromatic rings. The summed E-state index contributed by atoms with van der Waals surface area (Å²) in [7, 11) is 0. The first-order valence-electron chi connectivity index (χ1n) is 8.21. The van der Waals surface area contributed by atoms with Gasteiger partial charge >= 0.3 is 0 Å². The predicted octanol–water partition coefficient (Wildman–Crippen LogP) is 4.47. The van der Waals surface area contributed by atoms with Gasteiger partial charge in [0.25, 0.3) is 5.91 Å². The lowest BCUT2D eigenvalue weighted by molar-refractivity contribution is -0.127. The van der Waals surface area contributed by atoms with Gasteiger partial charge in [-0.2, -0.15) is 0 Å². The van der Waals surface area contributed by atoms with E-state index >= 15 is 0 Å². The van der Waals surface area contributed by atoms with Gasteiger partial charge in [-0.05, 0) is 74.6 Å². The third kappa shape index (κ3) is 5.89. The lowest BCUT2D eigenvalue weighted by Gasteiger charge is -2.15. The summed E-state index contributed by atoms with van der Waals surface area (Å²) in [5.41, 5.74) is 3.47. The molecule has 0 unspecified atom stereocenters. The summed E-state index contributed by atoms with van der Waals surface area (Å²) in [5.74, 6) is 0.640. The van der Waals surface area contributed by atoms with Crippen molar-refractivity contribution in [2.24, 2.45) is 0 Å². The summed E-state index contributed by atoms with van der Waals surface area (Å²) in [5, 5.41) is 3.66. The number of ether oxygens (including phenoxy) is 1. The minimum atomic E-state index is -0.512. The van der Waals surface area contributed by atoms with Crippen LogP contribution in [0.4, 0.5) is 0 Å². The smallest absolute Gasteiger partial charge is 0.260 e. The zero-order chi connectivity index (χ0) is 17.5. The number of hydrogen-bond acceptors (Lipinski definition) is 2. The van der Waals surface area contributed by atoms with Crippen molar-refractivity contribution >= 4 is 17.5 Å². The minimum absolute atomic E-state index is 0.0923. The second kappa shape index (κ2) is 8.74. The maximum atomic E-state index is 12.1. The normalized spacial score (nSPS) is 11.8. The van der Waals surface area contributed by atoms with Crippen LogP contribution in [0.5, 0.6) is 5.75 Å². The molecule has 0 heterocycles. The van der Waals surface area contributed by atoms with Gasteiger partial charge in [-0.3, -0.25) is 4.79 Å². The predicted molar refractivity (Wildman–Crippen MR) is 98.8 cm³/mol. The Morgan fingerprint density at radius 3 is 2.38 bits per heavy atom. The average molecular weight is 346 g/mol. The molecule has 1 atom stereocenters. The zero-order valence-corrected chi connectivity index (χ0v) is 15.2.